The molecular formula is C13H23N5O2. The van der Waals surface area contributed by atoms with E-state index in [4.69, 9.17) is 9.47 Å². The summed E-state index contributed by atoms with van der Waals surface area (Å²) in [6.07, 6.45) is 1.91. The predicted octanol–water partition coefficient (Wildman–Crippen LogP) is 1.32. The first-order chi connectivity index (χ1) is 9.83. The number of ether oxygens (including phenoxy) is 2. The van der Waals surface area contributed by atoms with Gasteiger partial charge < -0.3 is 19.7 Å². The summed E-state index contributed by atoms with van der Waals surface area (Å²) >= 11 is 0. The highest BCUT2D eigenvalue weighted by Crippen LogP contribution is 2.16. The lowest BCUT2D eigenvalue weighted by atomic mass is 10.4. The molecule has 0 aliphatic carbocycles. The number of aromatic nitrogens is 3. The van der Waals surface area contributed by atoms with E-state index in [1.165, 1.54) is 0 Å². The van der Waals surface area contributed by atoms with Gasteiger partial charge in [0.2, 0.25) is 11.9 Å². The first-order valence-electron chi connectivity index (χ1n) is 7.29. The van der Waals surface area contributed by atoms with Crippen molar-refractivity contribution < 1.29 is 9.47 Å². The second-order valence-corrected chi connectivity index (χ2v) is 4.57. The minimum Gasteiger partial charge on any atom is -0.463 e. The lowest BCUT2D eigenvalue weighted by Crippen LogP contribution is -2.28. The fourth-order valence-corrected chi connectivity index (χ4v) is 1.93. The second kappa shape index (κ2) is 7.84. The van der Waals surface area contributed by atoms with E-state index in [1.807, 2.05) is 6.92 Å². The summed E-state index contributed by atoms with van der Waals surface area (Å²) in [5.74, 6) is 1.22. The molecule has 7 nitrogen and oxygen atoms in total. The Morgan fingerprint density at radius 3 is 2.90 bits per heavy atom. The molecular weight excluding hydrogens is 258 g/mol. The summed E-state index contributed by atoms with van der Waals surface area (Å²) < 4.78 is 11.0. The molecule has 0 spiro atoms. The third-order valence-electron chi connectivity index (χ3n) is 2.88. The molecule has 0 saturated carbocycles. The van der Waals surface area contributed by atoms with Crippen molar-refractivity contribution in [3.63, 3.8) is 0 Å². The summed E-state index contributed by atoms with van der Waals surface area (Å²) in [6, 6.07) is 0.387. The molecule has 1 aromatic rings. The van der Waals surface area contributed by atoms with Crippen LogP contribution in [0.2, 0.25) is 0 Å². The highest BCUT2D eigenvalue weighted by molar-refractivity contribution is 5.38. The molecule has 1 aliphatic rings. The van der Waals surface area contributed by atoms with Gasteiger partial charge in [0.1, 0.15) is 0 Å². The Morgan fingerprint density at radius 2 is 2.10 bits per heavy atom. The SMILES string of the molecule is CCCOc1nc(NCC)nc(N2CCCOCC2)n1. The van der Waals surface area contributed by atoms with Gasteiger partial charge in [0.25, 0.3) is 0 Å². The average molecular weight is 281 g/mol. The van der Waals surface area contributed by atoms with E-state index >= 15 is 0 Å². The summed E-state index contributed by atoms with van der Waals surface area (Å²) in [7, 11) is 0. The Hall–Kier alpha value is -1.63. The Balaban J connectivity index is 2.17. The molecule has 2 heterocycles. The van der Waals surface area contributed by atoms with E-state index in [-0.39, 0.29) is 0 Å². The molecule has 0 bridgehead atoms. The van der Waals surface area contributed by atoms with E-state index < -0.39 is 0 Å². The molecule has 0 amide bonds. The Kier molecular flexibility index (Phi) is 5.79. The topological polar surface area (TPSA) is 72.4 Å². The highest BCUT2D eigenvalue weighted by Gasteiger charge is 2.16. The Labute approximate surface area is 119 Å². The van der Waals surface area contributed by atoms with Crippen molar-refractivity contribution in [3.05, 3.63) is 0 Å². The molecule has 7 heteroatoms. The van der Waals surface area contributed by atoms with E-state index in [2.05, 4.69) is 32.1 Å². The molecule has 0 atom stereocenters. The molecule has 0 aromatic carbocycles. The highest BCUT2D eigenvalue weighted by atomic mass is 16.5. The number of hydrogen-bond donors (Lipinski definition) is 1. The van der Waals surface area contributed by atoms with Gasteiger partial charge in [0, 0.05) is 26.2 Å². The average Bonchev–Trinajstić information content (AvgIpc) is 2.74. The molecule has 20 heavy (non-hydrogen) atoms. The van der Waals surface area contributed by atoms with Crippen LogP contribution in [0, 0.1) is 0 Å². The number of anilines is 2. The number of hydrogen-bond acceptors (Lipinski definition) is 7. The molecule has 1 aromatic heterocycles. The predicted molar refractivity (Wildman–Crippen MR) is 77.4 cm³/mol. The maximum Gasteiger partial charge on any atom is 0.323 e. The van der Waals surface area contributed by atoms with Crippen LogP contribution in [0.3, 0.4) is 0 Å². The molecule has 0 unspecified atom stereocenters. The maximum atomic E-state index is 5.54. The van der Waals surface area contributed by atoms with Gasteiger partial charge in [-0.15, -0.1) is 0 Å². The van der Waals surface area contributed by atoms with Gasteiger partial charge in [-0.25, -0.2) is 0 Å². The fraction of sp³-hybridized carbons (Fsp3) is 0.769. The Bertz CT molecular complexity index is 408. The normalized spacial score (nSPS) is 15.8. The standard InChI is InChI=1S/C13H23N5O2/c1-3-8-20-13-16-11(14-4-2)15-12(17-13)18-6-5-9-19-10-7-18/h3-10H2,1-2H3,(H,14,15,16,17). The van der Waals surface area contributed by atoms with E-state index in [1.54, 1.807) is 0 Å². The third-order valence-corrected chi connectivity index (χ3v) is 2.88. The van der Waals surface area contributed by atoms with Gasteiger partial charge >= 0.3 is 6.01 Å². The van der Waals surface area contributed by atoms with Crippen LogP contribution < -0.4 is 15.0 Å². The van der Waals surface area contributed by atoms with Crippen molar-refractivity contribution in [2.45, 2.75) is 26.7 Å². The van der Waals surface area contributed by atoms with Crippen LogP contribution in [-0.4, -0.2) is 54.4 Å². The van der Waals surface area contributed by atoms with Gasteiger partial charge in [0.05, 0.1) is 13.2 Å². The van der Waals surface area contributed by atoms with E-state index in [0.717, 1.165) is 39.1 Å². The summed E-state index contributed by atoms with van der Waals surface area (Å²) in [4.78, 5) is 15.2. The fourth-order valence-electron chi connectivity index (χ4n) is 1.93. The van der Waals surface area contributed by atoms with Crippen molar-refractivity contribution in [1.82, 2.24) is 15.0 Å². The van der Waals surface area contributed by atoms with Crippen molar-refractivity contribution >= 4 is 11.9 Å². The molecule has 112 valence electrons. The molecule has 2 rings (SSSR count). The van der Waals surface area contributed by atoms with Crippen LogP contribution in [-0.2, 0) is 4.74 Å². The lowest BCUT2D eigenvalue weighted by molar-refractivity contribution is 0.152. The van der Waals surface area contributed by atoms with Crippen LogP contribution in [0.5, 0.6) is 6.01 Å². The van der Waals surface area contributed by atoms with Crippen molar-refractivity contribution in [1.29, 1.82) is 0 Å². The number of nitrogens with zero attached hydrogens (tertiary/aromatic N) is 4. The summed E-state index contributed by atoms with van der Waals surface area (Å²) in [6.45, 7) is 8.62. The number of rotatable bonds is 6. The van der Waals surface area contributed by atoms with Gasteiger partial charge in [-0.05, 0) is 19.8 Å². The largest absolute Gasteiger partial charge is 0.463 e. The van der Waals surface area contributed by atoms with Crippen LogP contribution in [0.25, 0.3) is 0 Å². The molecule has 0 radical (unpaired) electrons. The zero-order valence-electron chi connectivity index (χ0n) is 12.3. The first-order valence-corrected chi connectivity index (χ1v) is 7.29. The van der Waals surface area contributed by atoms with Crippen molar-refractivity contribution in [2.24, 2.45) is 0 Å². The minimum absolute atomic E-state index is 0.387. The van der Waals surface area contributed by atoms with Gasteiger partial charge in [-0.1, -0.05) is 6.92 Å². The first kappa shape index (κ1) is 14.8. The Morgan fingerprint density at radius 1 is 1.20 bits per heavy atom. The van der Waals surface area contributed by atoms with Gasteiger partial charge in [0.15, 0.2) is 0 Å². The molecule has 1 aliphatic heterocycles. The minimum atomic E-state index is 0.387. The molecule has 1 saturated heterocycles. The van der Waals surface area contributed by atoms with Crippen molar-refractivity contribution in [2.75, 3.05) is 49.7 Å². The van der Waals surface area contributed by atoms with Crippen LogP contribution >= 0.6 is 0 Å². The maximum absolute atomic E-state index is 5.54. The number of nitrogens with one attached hydrogen (secondary N) is 1. The zero-order chi connectivity index (χ0) is 14.2. The smallest absolute Gasteiger partial charge is 0.323 e. The second-order valence-electron chi connectivity index (χ2n) is 4.57. The quantitative estimate of drug-likeness (QED) is 0.843. The molecule has 1 fully saturated rings. The lowest BCUT2D eigenvalue weighted by Gasteiger charge is -2.20. The zero-order valence-corrected chi connectivity index (χ0v) is 12.3. The molecule has 1 N–H and O–H groups in total. The van der Waals surface area contributed by atoms with Crippen LogP contribution in [0.15, 0.2) is 0 Å². The monoisotopic (exact) mass is 281 g/mol. The summed E-state index contributed by atoms with van der Waals surface area (Å²) in [5, 5.41) is 3.12. The van der Waals surface area contributed by atoms with E-state index in [0.29, 0.717) is 31.1 Å². The summed E-state index contributed by atoms with van der Waals surface area (Å²) in [5.41, 5.74) is 0. The van der Waals surface area contributed by atoms with Gasteiger partial charge in [-0.3, -0.25) is 0 Å². The van der Waals surface area contributed by atoms with E-state index in [9.17, 15) is 0 Å². The van der Waals surface area contributed by atoms with Gasteiger partial charge in [-0.2, -0.15) is 15.0 Å². The third kappa shape index (κ3) is 4.19. The van der Waals surface area contributed by atoms with Crippen LogP contribution in [0.1, 0.15) is 26.7 Å². The van der Waals surface area contributed by atoms with Crippen molar-refractivity contribution in [3.8, 4) is 6.01 Å². The van der Waals surface area contributed by atoms with Crippen LogP contribution in [0.4, 0.5) is 11.9 Å².